The van der Waals surface area contributed by atoms with Crippen LogP contribution in [0.3, 0.4) is 0 Å². The maximum atomic E-state index is 5.51. The van der Waals surface area contributed by atoms with Crippen molar-refractivity contribution in [2.24, 2.45) is 5.92 Å². The Morgan fingerprint density at radius 2 is 1.95 bits per heavy atom. The summed E-state index contributed by atoms with van der Waals surface area (Å²) in [6.07, 6.45) is 2.88. The number of nitrogens with one attached hydrogen (secondary N) is 1. The van der Waals surface area contributed by atoms with Gasteiger partial charge in [-0.2, -0.15) is 0 Å². The molecule has 0 aliphatic heterocycles. The van der Waals surface area contributed by atoms with E-state index in [1.807, 2.05) is 25.3 Å². The summed E-state index contributed by atoms with van der Waals surface area (Å²) < 4.78 is 5.51. The summed E-state index contributed by atoms with van der Waals surface area (Å²) in [4.78, 5) is 12.8. The van der Waals surface area contributed by atoms with Gasteiger partial charge in [0.05, 0.1) is 18.5 Å². The van der Waals surface area contributed by atoms with Crippen molar-refractivity contribution in [2.75, 3.05) is 7.11 Å². The zero-order valence-corrected chi connectivity index (χ0v) is 13.5. The minimum absolute atomic E-state index is 0.539. The molecular weight excluding hydrogens is 274 g/mol. The van der Waals surface area contributed by atoms with E-state index >= 15 is 0 Å². The number of aromatic nitrogens is 3. The van der Waals surface area contributed by atoms with E-state index in [0.29, 0.717) is 11.8 Å². The molecule has 114 valence electrons. The lowest BCUT2D eigenvalue weighted by molar-refractivity contribution is 0.394. The predicted octanol–water partition coefficient (Wildman–Crippen LogP) is 4.14. The number of H-pyrrole nitrogens is 1. The fourth-order valence-corrected chi connectivity index (χ4v) is 2.70. The van der Waals surface area contributed by atoms with E-state index in [1.54, 1.807) is 7.11 Å². The van der Waals surface area contributed by atoms with Crippen molar-refractivity contribution in [1.82, 2.24) is 15.0 Å². The van der Waals surface area contributed by atoms with Gasteiger partial charge in [0.2, 0.25) is 5.88 Å². The van der Waals surface area contributed by atoms with Crippen LogP contribution in [0.15, 0.2) is 30.5 Å². The molecule has 0 saturated carbocycles. The molecule has 0 bridgehead atoms. The van der Waals surface area contributed by atoms with Gasteiger partial charge in [-0.1, -0.05) is 32.0 Å². The third-order valence-corrected chi connectivity index (χ3v) is 3.78. The normalized spacial score (nSPS) is 11.3. The molecule has 0 amide bonds. The van der Waals surface area contributed by atoms with Crippen LogP contribution in [0.1, 0.15) is 25.2 Å². The molecule has 0 fully saturated rings. The van der Waals surface area contributed by atoms with Crippen molar-refractivity contribution in [3.05, 3.63) is 41.9 Å². The standard InChI is InChI=1S/C18H21N3O/c1-11(2)9-16-12(3)20-17(18(21-16)22-4)14-10-19-15-8-6-5-7-13(14)15/h5-8,10-11,19H,9H2,1-4H3. The molecule has 0 aliphatic carbocycles. The highest BCUT2D eigenvalue weighted by Gasteiger charge is 2.17. The Labute approximate surface area is 130 Å². The van der Waals surface area contributed by atoms with Crippen LogP contribution in [-0.2, 0) is 6.42 Å². The highest BCUT2D eigenvalue weighted by molar-refractivity contribution is 5.95. The third kappa shape index (κ3) is 2.56. The Hall–Kier alpha value is -2.36. The Morgan fingerprint density at radius 1 is 1.18 bits per heavy atom. The number of hydrogen-bond donors (Lipinski definition) is 1. The van der Waals surface area contributed by atoms with Crippen molar-refractivity contribution in [3.8, 4) is 17.1 Å². The average molecular weight is 295 g/mol. The molecule has 0 saturated heterocycles. The summed E-state index contributed by atoms with van der Waals surface area (Å²) in [5.74, 6) is 1.13. The number of nitrogens with zero attached hydrogens (tertiary/aromatic N) is 2. The molecule has 0 spiro atoms. The van der Waals surface area contributed by atoms with Gasteiger partial charge >= 0.3 is 0 Å². The number of aromatic amines is 1. The zero-order chi connectivity index (χ0) is 15.7. The number of hydrogen-bond acceptors (Lipinski definition) is 3. The molecule has 22 heavy (non-hydrogen) atoms. The van der Waals surface area contributed by atoms with Gasteiger partial charge in [-0.25, -0.2) is 9.97 Å². The third-order valence-electron chi connectivity index (χ3n) is 3.78. The van der Waals surface area contributed by atoms with Gasteiger partial charge in [0.15, 0.2) is 0 Å². The van der Waals surface area contributed by atoms with Gasteiger partial charge in [-0.05, 0) is 25.3 Å². The molecule has 4 heteroatoms. The van der Waals surface area contributed by atoms with Crippen LogP contribution in [-0.4, -0.2) is 22.1 Å². The molecule has 3 rings (SSSR count). The topological polar surface area (TPSA) is 50.8 Å². The van der Waals surface area contributed by atoms with Gasteiger partial charge in [0, 0.05) is 22.7 Å². The number of benzene rings is 1. The van der Waals surface area contributed by atoms with Crippen LogP contribution in [0.5, 0.6) is 5.88 Å². The molecule has 0 unspecified atom stereocenters. The quantitative estimate of drug-likeness (QED) is 0.787. The molecule has 0 atom stereocenters. The predicted molar refractivity (Wildman–Crippen MR) is 89.2 cm³/mol. The Kier molecular flexibility index (Phi) is 3.84. The van der Waals surface area contributed by atoms with Crippen LogP contribution in [0, 0.1) is 12.8 Å². The first-order chi connectivity index (χ1) is 10.6. The van der Waals surface area contributed by atoms with Crippen molar-refractivity contribution >= 4 is 10.9 Å². The summed E-state index contributed by atoms with van der Waals surface area (Å²) in [5.41, 5.74) is 4.89. The molecular formula is C18H21N3O. The van der Waals surface area contributed by atoms with Crippen LogP contribution >= 0.6 is 0 Å². The van der Waals surface area contributed by atoms with E-state index < -0.39 is 0 Å². The van der Waals surface area contributed by atoms with E-state index in [9.17, 15) is 0 Å². The molecule has 1 aromatic carbocycles. The van der Waals surface area contributed by atoms with Crippen molar-refractivity contribution in [2.45, 2.75) is 27.2 Å². The minimum Gasteiger partial charge on any atom is -0.479 e. The fraction of sp³-hybridized carbons (Fsp3) is 0.333. The van der Waals surface area contributed by atoms with Gasteiger partial charge in [-0.15, -0.1) is 0 Å². The molecule has 0 aliphatic rings. The van der Waals surface area contributed by atoms with E-state index in [0.717, 1.165) is 40.0 Å². The van der Waals surface area contributed by atoms with Crippen LogP contribution in [0.4, 0.5) is 0 Å². The summed E-state index contributed by atoms with van der Waals surface area (Å²) in [6, 6.07) is 8.18. The van der Waals surface area contributed by atoms with E-state index in [1.165, 1.54) is 0 Å². The second kappa shape index (κ2) is 5.79. The second-order valence-corrected chi connectivity index (χ2v) is 5.96. The maximum absolute atomic E-state index is 5.51. The second-order valence-electron chi connectivity index (χ2n) is 5.96. The highest BCUT2D eigenvalue weighted by Crippen LogP contribution is 2.33. The Balaban J connectivity index is 2.16. The highest BCUT2D eigenvalue weighted by atomic mass is 16.5. The van der Waals surface area contributed by atoms with E-state index in [-0.39, 0.29) is 0 Å². The van der Waals surface area contributed by atoms with Crippen LogP contribution < -0.4 is 4.74 Å². The maximum Gasteiger partial charge on any atom is 0.240 e. The lowest BCUT2D eigenvalue weighted by atomic mass is 10.1. The van der Waals surface area contributed by atoms with Crippen LogP contribution in [0.2, 0.25) is 0 Å². The smallest absolute Gasteiger partial charge is 0.240 e. The summed E-state index contributed by atoms with van der Waals surface area (Å²) >= 11 is 0. The van der Waals surface area contributed by atoms with Gasteiger partial charge in [-0.3, -0.25) is 0 Å². The Bertz CT molecular complexity index is 805. The van der Waals surface area contributed by atoms with Gasteiger partial charge < -0.3 is 9.72 Å². The monoisotopic (exact) mass is 295 g/mol. The largest absolute Gasteiger partial charge is 0.479 e. The van der Waals surface area contributed by atoms with Crippen molar-refractivity contribution < 1.29 is 4.74 Å². The SMILES string of the molecule is COc1nc(CC(C)C)c(C)nc1-c1c[nH]c2ccccc12. The number of methoxy groups -OCH3 is 1. The number of rotatable bonds is 4. The van der Waals surface area contributed by atoms with Gasteiger partial charge in [0.1, 0.15) is 5.69 Å². The molecule has 4 nitrogen and oxygen atoms in total. The summed E-state index contributed by atoms with van der Waals surface area (Å²) in [6.45, 7) is 6.38. The zero-order valence-electron chi connectivity index (χ0n) is 13.5. The lowest BCUT2D eigenvalue weighted by Gasteiger charge is -2.12. The number of para-hydroxylation sites is 1. The lowest BCUT2D eigenvalue weighted by Crippen LogP contribution is -2.06. The van der Waals surface area contributed by atoms with E-state index in [4.69, 9.17) is 14.7 Å². The molecule has 0 radical (unpaired) electrons. The average Bonchev–Trinajstić information content (AvgIpc) is 2.92. The first-order valence-electron chi connectivity index (χ1n) is 7.58. The van der Waals surface area contributed by atoms with Crippen LogP contribution in [0.25, 0.3) is 22.2 Å². The van der Waals surface area contributed by atoms with Crippen molar-refractivity contribution in [1.29, 1.82) is 0 Å². The molecule has 1 N–H and O–H groups in total. The first kappa shape index (κ1) is 14.6. The molecule has 2 heterocycles. The minimum atomic E-state index is 0.539. The summed E-state index contributed by atoms with van der Waals surface area (Å²) in [7, 11) is 1.65. The van der Waals surface area contributed by atoms with Crippen molar-refractivity contribution in [3.63, 3.8) is 0 Å². The number of aryl methyl sites for hydroxylation is 1. The number of fused-ring (bicyclic) bond motifs is 1. The molecule has 2 aromatic heterocycles. The summed E-state index contributed by atoms with van der Waals surface area (Å²) in [5, 5.41) is 1.13. The molecule has 3 aromatic rings. The van der Waals surface area contributed by atoms with E-state index in [2.05, 4.69) is 31.0 Å². The Morgan fingerprint density at radius 3 is 2.68 bits per heavy atom. The van der Waals surface area contributed by atoms with Gasteiger partial charge in [0.25, 0.3) is 0 Å². The fourth-order valence-electron chi connectivity index (χ4n) is 2.70. The number of ether oxygens (including phenoxy) is 1. The first-order valence-corrected chi connectivity index (χ1v) is 7.58.